The summed E-state index contributed by atoms with van der Waals surface area (Å²) in [6.45, 7) is 0.691. The average Bonchev–Trinajstić information content (AvgIpc) is 1.63. The van der Waals surface area contributed by atoms with E-state index in [1.54, 1.807) is 7.05 Å². The van der Waals surface area contributed by atoms with E-state index in [1.165, 1.54) is 0 Å². The Kier molecular flexibility index (Phi) is 7.56. The van der Waals surface area contributed by atoms with Gasteiger partial charge in [-0.05, 0) is 20.0 Å². The zero-order chi connectivity index (χ0) is 7.33. The van der Waals surface area contributed by atoms with Crippen LogP contribution in [0.15, 0.2) is 0 Å². The molecule has 10 heavy (non-hydrogen) atoms. The molecule has 0 radical (unpaired) electrons. The Morgan fingerprint density at radius 2 is 2.00 bits per heavy atom. The summed E-state index contributed by atoms with van der Waals surface area (Å²) in [6, 6.07) is 0. The highest BCUT2D eigenvalue weighted by atomic mass is 35.5. The van der Waals surface area contributed by atoms with Gasteiger partial charge in [-0.1, -0.05) is 0 Å². The number of nitrogens with one attached hydrogen (secondary N) is 1. The maximum absolute atomic E-state index is 10.3. The van der Waals surface area contributed by atoms with Crippen molar-refractivity contribution in [1.82, 2.24) is 5.32 Å². The van der Waals surface area contributed by atoms with E-state index >= 15 is 0 Å². The molecule has 0 aliphatic carbocycles. The summed E-state index contributed by atoms with van der Waals surface area (Å²) in [5.41, 5.74) is 0. The molecule has 0 saturated heterocycles. The molecule has 0 fully saturated rings. The molecular weight excluding hydrogens is 176 g/mol. The molecule has 0 aromatic rings. The van der Waals surface area contributed by atoms with Crippen molar-refractivity contribution < 1.29 is 8.42 Å². The second-order valence-electron chi connectivity index (χ2n) is 1.82. The highest BCUT2D eigenvalue weighted by Gasteiger charge is 1.99. The average molecular weight is 189 g/mol. The summed E-state index contributed by atoms with van der Waals surface area (Å²) in [4.78, 5) is 0. The first-order valence-corrected chi connectivity index (χ1v) is 4.43. The third kappa shape index (κ3) is 11.0. The Hall–Kier alpha value is 0.160. The molecule has 0 heterocycles. The summed E-state index contributed by atoms with van der Waals surface area (Å²) in [6.07, 6.45) is 0.579. The topological polar surface area (TPSA) is 72.2 Å². The van der Waals surface area contributed by atoms with Gasteiger partial charge in [0.15, 0.2) is 0 Å². The van der Waals surface area contributed by atoms with Crippen LogP contribution >= 0.6 is 12.4 Å². The van der Waals surface area contributed by atoms with Crippen LogP contribution in [-0.4, -0.2) is 27.8 Å². The molecule has 0 bridgehead atoms. The molecule has 0 rings (SSSR count). The van der Waals surface area contributed by atoms with Gasteiger partial charge in [-0.2, -0.15) is 0 Å². The molecule has 0 aliphatic heterocycles. The molecule has 6 heteroatoms. The molecule has 0 atom stereocenters. The Balaban J connectivity index is 0. The van der Waals surface area contributed by atoms with E-state index in [0.29, 0.717) is 13.0 Å². The lowest BCUT2D eigenvalue weighted by molar-refractivity contribution is 0.593. The Labute approximate surface area is 67.6 Å². The van der Waals surface area contributed by atoms with Gasteiger partial charge >= 0.3 is 0 Å². The molecule has 0 aromatic carbocycles. The minimum Gasteiger partial charge on any atom is -0.320 e. The van der Waals surface area contributed by atoms with Gasteiger partial charge < -0.3 is 5.32 Å². The molecule has 0 saturated carbocycles. The van der Waals surface area contributed by atoms with Crippen molar-refractivity contribution >= 4 is 22.4 Å². The first-order chi connectivity index (χ1) is 4.06. The fourth-order valence-electron chi connectivity index (χ4n) is 0.450. The predicted molar refractivity (Wildman–Crippen MR) is 43.8 cm³/mol. The van der Waals surface area contributed by atoms with Crippen LogP contribution in [0.5, 0.6) is 0 Å². The van der Waals surface area contributed by atoms with Crippen molar-refractivity contribution in [2.75, 3.05) is 19.3 Å². The zero-order valence-corrected chi connectivity index (χ0v) is 7.46. The van der Waals surface area contributed by atoms with Crippen molar-refractivity contribution in [2.45, 2.75) is 6.42 Å². The van der Waals surface area contributed by atoms with Crippen molar-refractivity contribution in [3.63, 3.8) is 0 Å². The summed E-state index contributed by atoms with van der Waals surface area (Å²) < 4.78 is 20.5. The van der Waals surface area contributed by atoms with E-state index in [9.17, 15) is 8.42 Å². The highest BCUT2D eigenvalue weighted by molar-refractivity contribution is 7.89. The van der Waals surface area contributed by atoms with Gasteiger partial charge in [0.2, 0.25) is 10.0 Å². The molecule has 4 nitrogen and oxygen atoms in total. The fraction of sp³-hybridized carbons (Fsp3) is 1.00. The van der Waals surface area contributed by atoms with Gasteiger partial charge in [0.05, 0.1) is 5.75 Å². The maximum atomic E-state index is 10.3. The summed E-state index contributed by atoms with van der Waals surface area (Å²) >= 11 is 0. The Bertz CT molecular complexity index is 157. The van der Waals surface area contributed by atoms with E-state index in [1.807, 2.05) is 0 Å². The van der Waals surface area contributed by atoms with Gasteiger partial charge in [-0.3, -0.25) is 0 Å². The van der Waals surface area contributed by atoms with Gasteiger partial charge in [0, 0.05) is 0 Å². The quantitative estimate of drug-likeness (QED) is 0.574. The van der Waals surface area contributed by atoms with Gasteiger partial charge in [-0.25, -0.2) is 13.6 Å². The van der Waals surface area contributed by atoms with Crippen LogP contribution in [0.3, 0.4) is 0 Å². The molecule has 3 N–H and O–H groups in total. The third-order valence-electron chi connectivity index (χ3n) is 0.856. The zero-order valence-electron chi connectivity index (χ0n) is 5.83. The smallest absolute Gasteiger partial charge is 0.209 e. The Morgan fingerprint density at radius 3 is 2.30 bits per heavy atom. The van der Waals surface area contributed by atoms with Crippen LogP contribution in [0.4, 0.5) is 0 Å². The van der Waals surface area contributed by atoms with Gasteiger partial charge in [-0.15, -0.1) is 12.4 Å². The first kappa shape index (κ1) is 12.8. The summed E-state index contributed by atoms with van der Waals surface area (Å²) in [5, 5.41) is 7.54. The standard InChI is InChI=1S/C4H12N2O2S.ClH/c1-6-3-2-4-9(5,7)8;/h6H,2-4H2,1H3,(H2,5,7,8);1H. The van der Waals surface area contributed by atoms with Gasteiger partial charge in [0.25, 0.3) is 0 Å². The molecule has 0 unspecified atom stereocenters. The SMILES string of the molecule is CNCCCS(N)(=O)=O.Cl. The third-order valence-corrected chi connectivity index (χ3v) is 1.71. The summed E-state index contributed by atoms with van der Waals surface area (Å²) in [7, 11) is -1.47. The monoisotopic (exact) mass is 188 g/mol. The van der Waals surface area contributed by atoms with Crippen LogP contribution < -0.4 is 10.5 Å². The number of sulfonamides is 1. The number of nitrogens with two attached hydrogens (primary N) is 1. The number of hydrogen-bond acceptors (Lipinski definition) is 3. The maximum Gasteiger partial charge on any atom is 0.209 e. The van der Waals surface area contributed by atoms with Crippen LogP contribution in [0.2, 0.25) is 0 Å². The molecular formula is C4H13ClN2O2S. The Morgan fingerprint density at radius 1 is 1.50 bits per heavy atom. The number of rotatable bonds is 4. The lowest BCUT2D eigenvalue weighted by Crippen LogP contribution is -2.20. The lowest BCUT2D eigenvalue weighted by Gasteiger charge is -1.95. The molecule has 0 aromatic heterocycles. The molecule has 0 spiro atoms. The van der Waals surface area contributed by atoms with E-state index in [2.05, 4.69) is 5.32 Å². The van der Waals surface area contributed by atoms with Crippen molar-refractivity contribution in [3.8, 4) is 0 Å². The minimum atomic E-state index is -3.24. The van der Waals surface area contributed by atoms with E-state index < -0.39 is 10.0 Å². The van der Waals surface area contributed by atoms with Gasteiger partial charge in [0.1, 0.15) is 0 Å². The van der Waals surface area contributed by atoms with Crippen LogP contribution in [0, 0.1) is 0 Å². The highest BCUT2D eigenvalue weighted by Crippen LogP contribution is 1.81. The van der Waals surface area contributed by atoms with E-state index in [4.69, 9.17) is 5.14 Å². The predicted octanol–water partition coefficient (Wildman–Crippen LogP) is -0.694. The van der Waals surface area contributed by atoms with Crippen molar-refractivity contribution in [2.24, 2.45) is 5.14 Å². The number of hydrogen-bond donors (Lipinski definition) is 2. The van der Waals surface area contributed by atoms with E-state index in [-0.39, 0.29) is 18.2 Å². The van der Waals surface area contributed by atoms with Crippen LogP contribution in [0.25, 0.3) is 0 Å². The van der Waals surface area contributed by atoms with E-state index in [0.717, 1.165) is 0 Å². The number of halogens is 1. The minimum absolute atomic E-state index is 0. The van der Waals surface area contributed by atoms with Crippen LogP contribution in [0.1, 0.15) is 6.42 Å². The lowest BCUT2D eigenvalue weighted by atomic mass is 10.5. The second-order valence-corrected chi connectivity index (χ2v) is 3.56. The second kappa shape index (κ2) is 5.91. The molecule has 0 amide bonds. The normalized spacial score (nSPS) is 10.6. The van der Waals surface area contributed by atoms with Crippen molar-refractivity contribution in [1.29, 1.82) is 0 Å². The molecule has 0 aliphatic rings. The number of primary sulfonamides is 1. The largest absolute Gasteiger partial charge is 0.320 e. The molecule has 64 valence electrons. The first-order valence-electron chi connectivity index (χ1n) is 2.71. The van der Waals surface area contributed by atoms with Crippen molar-refractivity contribution in [3.05, 3.63) is 0 Å². The van der Waals surface area contributed by atoms with Crippen LogP contribution in [-0.2, 0) is 10.0 Å². The fourth-order valence-corrected chi connectivity index (χ4v) is 0.997. The summed E-state index contributed by atoms with van der Waals surface area (Å²) in [5.74, 6) is 0.0633.